The van der Waals surface area contributed by atoms with Gasteiger partial charge in [-0.1, -0.05) is 18.2 Å². The summed E-state index contributed by atoms with van der Waals surface area (Å²) in [4.78, 5) is 22.3. The van der Waals surface area contributed by atoms with Crippen molar-refractivity contribution in [2.75, 3.05) is 18.0 Å². The second kappa shape index (κ2) is 5.70. The zero-order chi connectivity index (χ0) is 17.0. The van der Waals surface area contributed by atoms with Crippen LogP contribution in [-0.2, 0) is 6.54 Å². The fraction of sp³-hybridized carbons (Fsp3) is 0.500. The standard InChI is InChI=1S/C20H23N3O2/c1-13-18(25-19(21-13)14-8-9-14)20(24)23-12-16-6-4-10-22(16)11-15-5-2-3-7-17(15)23/h2-3,5,7,14,16H,4,6,8-12H2,1H3/t16-/m1/s1. The second-order valence-electron chi connectivity index (χ2n) is 7.55. The van der Waals surface area contributed by atoms with Gasteiger partial charge in [0.15, 0.2) is 5.89 Å². The van der Waals surface area contributed by atoms with E-state index in [9.17, 15) is 4.79 Å². The monoisotopic (exact) mass is 337 g/mol. The van der Waals surface area contributed by atoms with Crippen molar-refractivity contribution in [2.24, 2.45) is 0 Å². The van der Waals surface area contributed by atoms with Crippen LogP contribution in [0.4, 0.5) is 5.69 Å². The highest BCUT2D eigenvalue weighted by atomic mass is 16.4. The number of rotatable bonds is 2. The van der Waals surface area contributed by atoms with E-state index in [0.29, 0.717) is 17.7 Å². The Morgan fingerprint density at radius 2 is 2.08 bits per heavy atom. The van der Waals surface area contributed by atoms with Gasteiger partial charge >= 0.3 is 0 Å². The van der Waals surface area contributed by atoms with Gasteiger partial charge in [-0.3, -0.25) is 9.69 Å². The molecule has 5 heteroatoms. The Labute approximate surface area is 147 Å². The van der Waals surface area contributed by atoms with Crippen molar-refractivity contribution in [3.63, 3.8) is 0 Å². The average molecular weight is 337 g/mol. The molecule has 1 amide bonds. The Bertz CT molecular complexity index is 824. The van der Waals surface area contributed by atoms with Gasteiger partial charge in [0.05, 0.1) is 5.69 Å². The quantitative estimate of drug-likeness (QED) is 0.842. The van der Waals surface area contributed by atoms with Gasteiger partial charge in [-0.25, -0.2) is 4.98 Å². The van der Waals surface area contributed by atoms with E-state index in [1.807, 2.05) is 17.9 Å². The van der Waals surface area contributed by atoms with Crippen LogP contribution in [-0.4, -0.2) is 34.9 Å². The molecule has 1 aromatic heterocycles. The second-order valence-corrected chi connectivity index (χ2v) is 7.55. The van der Waals surface area contributed by atoms with Crippen LogP contribution in [0, 0.1) is 6.92 Å². The zero-order valence-electron chi connectivity index (χ0n) is 14.6. The summed E-state index contributed by atoms with van der Waals surface area (Å²) in [6, 6.07) is 8.70. The molecular weight excluding hydrogens is 314 g/mol. The number of aryl methyl sites for hydroxylation is 1. The molecule has 1 saturated carbocycles. The summed E-state index contributed by atoms with van der Waals surface area (Å²) in [7, 11) is 0. The van der Waals surface area contributed by atoms with E-state index >= 15 is 0 Å². The predicted octanol–water partition coefficient (Wildman–Crippen LogP) is 3.49. The molecule has 0 unspecified atom stereocenters. The van der Waals surface area contributed by atoms with Crippen LogP contribution in [0.3, 0.4) is 0 Å². The van der Waals surface area contributed by atoms with Gasteiger partial charge in [-0.05, 0) is 50.8 Å². The summed E-state index contributed by atoms with van der Waals surface area (Å²) in [6.45, 7) is 4.66. The number of anilines is 1. The number of oxazole rings is 1. The molecule has 5 nitrogen and oxygen atoms in total. The highest BCUT2D eigenvalue weighted by Crippen LogP contribution is 2.40. The van der Waals surface area contributed by atoms with E-state index in [-0.39, 0.29) is 5.91 Å². The van der Waals surface area contributed by atoms with Gasteiger partial charge in [0.2, 0.25) is 5.76 Å². The van der Waals surface area contributed by atoms with Gasteiger partial charge in [-0.15, -0.1) is 0 Å². The molecule has 1 aromatic carbocycles. The van der Waals surface area contributed by atoms with Crippen molar-refractivity contribution in [3.05, 3.63) is 47.2 Å². The molecule has 0 spiro atoms. The molecule has 3 heterocycles. The number of hydrogen-bond acceptors (Lipinski definition) is 4. The van der Waals surface area contributed by atoms with Crippen LogP contribution in [0.5, 0.6) is 0 Å². The molecule has 1 atom stereocenters. The lowest BCUT2D eigenvalue weighted by atomic mass is 10.1. The topological polar surface area (TPSA) is 49.6 Å². The minimum atomic E-state index is -0.0434. The number of fused-ring (bicyclic) bond motifs is 2. The Hall–Kier alpha value is -2.14. The molecule has 0 bridgehead atoms. The molecule has 25 heavy (non-hydrogen) atoms. The fourth-order valence-electron chi connectivity index (χ4n) is 4.18. The van der Waals surface area contributed by atoms with Gasteiger partial charge in [0.1, 0.15) is 0 Å². The SMILES string of the molecule is Cc1nc(C2CC2)oc1C(=O)N1C[C@H]2CCCN2Cc2ccccc21. The van der Waals surface area contributed by atoms with Gasteiger partial charge in [0, 0.05) is 30.7 Å². The first-order valence-corrected chi connectivity index (χ1v) is 9.32. The maximum atomic E-state index is 13.4. The van der Waals surface area contributed by atoms with E-state index in [1.165, 1.54) is 12.0 Å². The lowest BCUT2D eigenvalue weighted by Crippen LogP contribution is -2.40. The summed E-state index contributed by atoms with van der Waals surface area (Å²) < 4.78 is 5.90. The fourth-order valence-corrected chi connectivity index (χ4v) is 4.18. The van der Waals surface area contributed by atoms with Crippen LogP contribution in [0.2, 0.25) is 0 Å². The summed E-state index contributed by atoms with van der Waals surface area (Å²) in [5.41, 5.74) is 2.96. The largest absolute Gasteiger partial charge is 0.435 e. The Balaban J connectivity index is 1.53. The van der Waals surface area contributed by atoms with Crippen molar-refractivity contribution >= 4 is 11.6 Å². The third-order valence-corrected chi connectivity index (χ3v) is 5.73. The highest BCUT2D eigenvalue weighted by Gasteiger charge is 2.36. The van der Waals surface area contributed by atoms with Crippen molar-refractivity contribution in [3.8, 4) is 0 Å². The van der Waals surface area contributed by atoms with Crippen molar-refractivity contribution in [1.82, 2.24) is 9.88 Å². The Morgan fingerprint density at radius 3 is 2.92 bits per heavy atom. The molecule has 2 aromatic rings. The maximum Gasteiger partial charge on any atom is 0.296 e. The number of carbonyl (C=O) groups is 1. The zero-order valence-corrected chi connectivity index (χ0v) is 14.6. The molecule has 0 N–H and O–H groups in total. The Morgan fingerprint density at radius 1 is 1.24 bits per heavy atom. The Kier molecular flexibility index (Phi) is 3.45. The first-order valence-electron chi connectivity index (χ1n) is 9.32. The third kappa shape index (κ3) is 2.58. The van der Waals surface area contributed by atoms with E-state index in [1.54, 1.807) is 0 Å². The van der Waals surface area contributed by atoms with Crippen molar-refractivity contribution in [2.45, 2.75) is 51.1 Å². The molecule has 5 rings (SSSR count). The van der Waals surface area contributed by atoms with E-state index < -0.39 is 0 Å². The van der Waals surface area contributed by atoms with E-state index in [0.717, 1.165) is 56.2 Å². The van der Waals surface area contributed by atoms with E-state index in [2.05, 4.69) is 28.1 Å². The summed E-state index contributed by atoms with van der Waals surface area (Å²) >= 11 is 0. The molecule has 1 saturated heterocycles. The van der Waals surface area contributed by atoms with Crippen LogP contribution < -0.4 is 4.90 Å². The van der Waals surface area contributed by atoms with Gasteiger partial charge in [-0.2, -0.15) is 0 Å². The van der Waals surface area contributed by atoms with E-state index in [4.69, 9.17) is 4.42 Å². The molecule has 130 valence electrons. The minimum Gasteiger partial charge on any atom is -0.435 e. The lowest BCUT2D eigenvalue weighted by molar-refractivity contribution is 0.0951. The summed E-state index contributed by atoms with van der Waals surface area (Å²) in [6.07, 6.45) is 4.61. The smallest absolute Gasteiger partial charge is 0.296 e. The first kappa shape index (κ1) is 15.1. The maximum absolute atomic E-state index is 13.4. The van der Waals surface area contributed by atoms with Gasteiger partial charge in [0.25, 0.3) is 5.91 Å². The molecular formula is C20H23N3O2. The molecule has 0 radical (unpaired) electrons. The molecule has 1 aliphatic carbocycles. The minimum absolute atomic E-state index is 0.0434. The molecule has 2 fully saturated rings. The van der Waals surface area contributed by atoms with Crippen LogP contribution in [0.25, 0.3) is 0 Å². The number of aromatic nitrogens is 1. The summed E-state index contributed by atoms with van der Waals surface area (Å²) in [5.74, 6) is 1.54. The first-order chi connectivity index (χ1) is 12.2. The van der Waals surface area contributed by atoms with Crippen LogP contribution >= 0.6 is 0 Å². The predicted molar refractivity (Wildman–Crippen MR) is 94.8 cm³/mol. The number of carbonyl (C=O) groups excluding carboxylic acids is 1. The third-order valence-electron chi connectivity index (χ3n) is 5.73. The number of benzene rings is 1. The van der Waals surface area contributed by atoms with Crippen molar-refractivity contribution < 1.29 is 9.21 Å². The lowest BCUT2D eigenvalue weighted by Gasteiger charge is -2.25. The number of para-hydroxylation sites is 1. The van der Waals surface area contributed by atoms with Crippen LogP contribution in [0.15, 0.2) is 28.7 Å². The van der Waals surface area contributed by atoms with Gasteiger partial charge < -0.3 is 9.32 Å². The molecule has 3 aliphatic rings. The highest BCUT2D eigenvalue weighted by molar-refractivity contribution is 6.05. The van der Waals surface area contributed by atoms with Crippen molar-refractivity contribution in [1.29, 1.82) is 0 Å². The molecule has 2 aliphatic heterocycles. The number of nitrogens with zero attached hydrogens (tertiary/aromatic N) is 3. The average Bonchev–Trinajstić information content (AvgIpc) is 3.30. The number of hydrogen-bond donors (Lipinski definition) is 0. The van der Waals surface area contributed by atoms with Crippen LogP contribution in [0.1, 0.15) is 59.3 Å². The summed E-state index contributed by atoms with van der Waals surface area (Å²) in [5, 5.41) is 0. The number of amides is 1. The normalized spacial score (nSPS) is 23.2.